The summed E-state index contributed by atoms with van der Waals surface area (Å²) in [6.07, 6.45) is 7.41. The Morgan fingerprint density at radius 2 is 2.11 bits per heavy atom. The third-order valence-corrected chi connectivity index (χ3v) is 4.25. The monoisotopic (exact) mass is 273 g/mol. The zero-order valence-electron chi connectivity index (χ0n) is 10.9. The number of thioether (sulfide) groups is 1. The number of unbranched alkanes of at least 4 members (excludes halogenated alkanes) is 1. The van der Waals surface area contributed by atoms with Crippen LogP contribution in [0.2, 0.25) is 0 Å². The Bertz CT molecular complexity index is 302. The smallest absolute Gasteiger partial charge is 0.233 e. The van der Waals surface area contributed by atoms with Crippen molar-refractivity contribution < 1.29 is 10.0 Å². The standard InChI is InChI=1S/C12H23N3O2S/c1-18-9-5-4-8-14-11(16)12(10(13)15-17)6-2-3-7-12/h17H,2-9H2,1H3,(H2,13,15)(H,14,16). The predicted molar refractivity (Wildman–Crippen MR) is 74.9 cm³/mol. The second-order valence-electron chi connectivity index (χ2n) is 4.73. The Hall–Kier alpha value is -0.910. The van der Waals surface area contributed by atoms with Crippen molar-refractivity contribution in [2.75, 3.05) is 18.6 Å². The first-order valence-electron chi connectivity index (χ1n) is 6.42. The molecule has 0 spiro atoms. The van der Waals surface area contributed by atoms with Crippen LogP contribution in [0.15, 0.2) is 5.16 Å². The van der Waals surface area contributed by atoms with E-state index in [9.17, 15) is 4.79 Å². The van der Waals surface area contributed by atoms with E-state index < -0.39 is 5.41 Å². The van der Waals surface area contributed by atoms with Gasteiger partial charge in [-0.25, -0.2) is 0 Å². The number of hydrogen-bond donors (Lipinski definition) is 3. The molecule has 1 amide bonds. The second kappa shape index (κ2) is 7.51. The molecule has 1 saturated carbocycles. The van der Waals surface area contributed by atoms with Gasteiger partial charge >= 0.3 is 0 Å². The minimum Gasteiger partial charge on any atom is -0.409 e. The minimum atomic E-state index is -0.770. The molecule has 0 aromatic carbocycles. The van der Waals surface area contributed by atoms with Crippen molar-refractivity contribution in [3.05, 3.63) is 0 Å². The summed E-state index contributed by atoms with van der Waals surface area (Å²) in [7, 11) is 0. The molecule has 0 saturated heterocycles. The Morgan fingerprint density at radius 3 is 2.67 bits per heavy atom. The van der Waals surface area contributed by atoms with E-state index in [-0.39, 0.29) is 11.7 Å². The fourth-order valence-corrected chi connectivity index (χ4v) is 2.91. The Kier molecular flexibility index (Phi) is 6.32. The average molecular weight is 273 g/mol. The predicted octanol–water partition coefficient (Wildman–Crippen LogP) is 1.55. The van der Waals surface area contributed by atoms with Crippen LogP contribution in [0, 0.1) is 5.41 Å². The molecule has 0 aliphatic heterocycles. The zero-order valence-corrected chi connectivity index (χ0v) is 11.8. The van der Waals surface area contributed by atoms with Crippen LogP contribution < -0.4 is 11.1 Å². The lowest BCUT2D eigenvalue weighted by Gasteiger charge is -2.25. The van der Waals surface area contributed by atoms with Gasteiger partial charge in [-0.05, 0) is 37.7 Å². The summed E-state index contributed by atoms with van der Waals surface area (Å²) >= 11 is 1.81. The maximum absolute atomic E-state index is 12.2. The highest BCUT2D eigenvalue weighted by molar-refractivity contribution is 7.98. The van der Waals surface area contributed by atoms with Crippen LogP contribution in [0.3, 0.4) is 0 Å². The highest BCUT2D eigenvalue weighted by Gasteiger charge is 2.45. The Balaban J connectivity index is 2.46. The van der Waals surface area contributed by atoms with Gasteiger partial charge in [-0.3, -0.25) is 4.79 Å². The van der Waals surface area contributed by atoms with Gasteiger partial charge < -0.3 is 16.3 Å². The van der Waals surface area contributed by atoms with E-state index in [2.05, 4.69) is 16.7 Å². The Morgan fingerprint density at radius 1 is 1.44 bits per heavy atom. The van der Waals surface area contributed by atoms with E-state index in [0.29, 0.717) is 19.4 Å². The molecule has 0 aromatic heterocycles. The van der Waals surface area contributed by atoms with E-state index in [1.54, 1.807) is 0 Å². The number of nitrogens with one attached hydrogen (secondary N) is 1. The second-order valence-corrected chi connectivity index (χ2v) is 5.72. The van der Waals surface area contributed by atoms with E-state index in [1.807, 2.05) is 11.8 Å². The van der Waals surface area contributed by atoms with Crippen LogP contribution >= 0.6 is 11.8 Å². The van der Waals surface area contributed by atoms with Crippen molar-refractivity contribution >= 4 is 23.5 Å². The summed E-state index contributed by atoms with van der Waals surface area (Å²) in [6.45, 7) is 0.667. The van der Waals surface area contributed by atoms with E-state index in [4.69, 9.17) is 10.9 Å². The number of carbonyl (C=O) groups excluding carboxylic acids is 1. The number of amides is 1. The molecule has 0 radical (unpaired) electrons. The van der Waals surface area contributed by atoms with Gasteiger partial charge in [-0.15, -0.1) is 0 Å². The number of nitrogens with zero attached hydrogens (tertiary/aromatic N) is 1. The third kappa shape index (κ3) is 3.54. The summed E-state index contributed by atoms with van der Waals surface area (Å²) in [5.41, 5.74) is 4.93. The number of oxime groups is 1. The molecule has 6 heteroatoms. The van der Waals surface area contributed by atoms with Crippen LogP contribution in [-0.4, -0.2) is 35.5 Å². The first-order valence-corrected chi connectivity index (χ1v) is 7.82. The number of carbonyl (C=O) groups is 1. The van der Waals surface area contributed by atoms with Crippen LogP contribution in [0.1, 0.15) is 38.5 Å². The summed E-state index contributed by atoms with van der Waals surface area (Å²) < 4.78 is 0. The summed E-state index contributed by atoms with van der Waals surface area (Å²) in [4.78, 5) is 12.2. The van der Waals surface area contributed by atoms with Gasteiger partial charge in [0.1, 0.15) is 5.41 Å². The van der Waals surface area contributed by atoms with Gasteiger partial charge in [0, 0.05) is 6.54 Å². The normalized spacial score (nSPS) is 18.8. The van der Waals surface area contributed by atoms with Crippen molar-refractivity contribution in [1.82, 2.24) is 5.32 Å². The summed E-state index contributed by atoms with van der Waals surface area (Å²) in [6, 6.07) is 0. The van der Waals surface area contributed by atoms with Gasteiger partial charge in [0.25, 0.3) is 0 Å². The van der Waals surface area contributed by atoms with Gasteiger partial charge in [0.2, 0.25) is 5.91 Å². The topological polar surface area (TPSA) is 87.7 Å². The van der Waals surface area contributed by atoms with Crippen molar-refractivity contribution in [2.45, 2.75) is 38.5 Å². The van der Waals surface area contributed by atoms with Gasteiger partial charge in [0.05, 0.1) is 0 Å². The highest BCUT2D eigenvalue weighted by atomic mass is 32.2. The van der Waals surface area contributed by atoms with Crippen LogP contribution in [0.4, 0.5) is 0 Å². The van der Waals surface area contributed by atoms with E-state index in [1.165, 1.54) is 0 Å². The molecule has 0 aromatic rings. The number of nitrogens with two attached hydrogens (primary N) is 1. The number of rotatable bonds is 7. The van der Waals surface area contributed by atoms with E-state index >= 15 is 0 Å². The molecule has 0 atom stereocenters. The molecule has 1 aliphatic carbocycles. The van der Waals surface area contributed by atoms with Gasteiger partial charge in [-0.2, -0.15) is 11.8 Å². The molecule has 1 rings (SSSR count). The highest BCUT2D eigenvalue weighted by Crippen LogP contribution is 2.38. The first-order chi connectivity index (χ1) is 8.67. The molecule has 1 aliphatic rings. The molecule has 104 valence electrons. The lowest BCUT2D eigenvalue weighted by atomic mass is 9.84. The molecule has 0 heterocycles. The molecule has 18 heavy (non-hydrogen) atoms. The van der Waals surface area contributed by atoms with Crippen LogP contribution in [0.25, 0.3) is 0 Å². The molecule has 1 fully saturated rings. The maximum Gasteiger partial charge on any atom is 0.233 e. The summed E-state index contributed by atoms with van der Waals surface area (Å²) in [5, 5.41) is 14.8. The zero-order chi connectivity index (χ0) is 13.4. The fraction of sp³-hybridized carbons (Fsp3) is 0.833. The molecule has 0 bridgehead atoms. The number of hydrogen-bond acceptors (Lipinski definition) is 4. The fourth-order valence-electron chi connectivity index (χ4n) is 2.42. The lowest BCUT2D eigenvalue weighted by Crippen LogP contribution is -2.48. The molecule has 5 nitrogen and oxygen atoms in total. The van der Waals surface area contributed by atoms with Crippen molar-refractivity contribution in [2.24, 2.45) is 16.3 Å². The third-order valence-electron chi connectivity index (χ3n) is 3.55. The SMILES string of the molecule is CSCCCCNC(=O)C1(C(N)=NO)CCCC1. The van der Waals surface area contributed by atoms with Crippen molar-refractivity contribution in [1.29, 1.82) is 0 Å². The Labute approximate surface area is 113 Å². The number of amidine groups is 1. The molecule has 4 N–H and O–H groups in total. The minimum absolute atomic E-state index is 0.0570. The molecular weight excluding hydrogens is 250 g/mol. The van der Waals surface area contributed by atoms with Crippen molar-refractivity contribution in [3.8, 4) is 0 Å². The van der Waals surface area contributed by atoms with Crippen LogP contribution in [0.5, 0.6) is 0 Å². The summed E-state index contributed by atoms with van der Waals surface area (Å²) in [5.74, 6) is 1.09. The first kappa shape index (κ1) is 15.1. The van der Waals surface area contributed by atoms with Gasteiger partial charge in [-0.1, -0.05) is 18.0 Å². The maximum atomic E-state index is 12.2. The van der Waals surface area contributed by atoms with Crippen LogP contribution in [-0.2, 0) is 4.79 Å². The lowest BCUT2D eigenvalue weighted by molar-refractivity contribution is -0.127. The van der Waals surface area contributed by atoms with Gasteiger partial charge in [0.15, 0.2) is 5.84 Å². The van der Waals surface area contributed by atoms with Crippen molar-refractivity contribution in [3.63, 3.8) is 0 Å². The quantitative estimate of drug-likeness (QED) is 0.216. The molecule has 0 unspecified atom stereocenters. The molecular formula is C12H23N3O2S. The van der Waals surface area contributed by atoms with E-state index in [0.717, 1.165) is 31.4 Å². The average Bonchev–Trinajstić information content (AvgIpc) is 2.88. The largest absolute Gasteiger partial charge is 0.409 e.